The molecular formula is C13H22N2S2. The molecule has 2 rings (SSSR count). The van der Waals surface area contributed by atoms with E-state index in [4.69, 9.17) is 4.98 Å². The van der Waals surface area contributed by atoms with E-state index in [0.29, 0.717) is 6.04 Å². The van der Waals surface area contributed by atoms with Crippen molar-refractivity contribution >= 4 is 23.1 Å². The molecule has 0 amide bonds. The molecule has 2 nitrogen and oxygen atoms in total. The molecule has 1 fully saturated rings. The van der Waals surface area contributed by atoms with Crippen LogP contribution in [0.4, 0.5) is 0 Å². The summed E-state index contributed by atoms with van der Waals surface area (Å²) in [6, 6.07) is 0.523. The van der Waals surface area contributed by atoms with E-state index >= 15 is 0 Å². The largest absolute Gasteiger partial charge is 0.317 e. The maximum atomic E-state index is 4.76. The molecule has 0 bridgehead atoms. The monoisotopic (exact) mass is 270 g/mol. The van der Waals surface area contributed by atoms with Gasteiger partial charge in [0.25, 0.3) is 0 Å². The fraction of sp³-hybridized carbons (Fsp3) is 0.769. The first-order valence-corrected chi connectivity index (χ1v) is 8.49. The van der Waals surface area contributed by atoms with E-state index < -0.39 is 0 Å². The van der Waals surface area contributed by atoms with E-state index in [1.54, 1.807) is 0 Å². The Hall–Kier alpha value is -0.0600. The number of nitrogens with zero attached hydrogens (tertiary/aromatic N) is 1. The number of nitrogens with one attached hydrogen (secondary N) is 1. The van der Waals surface area contributed by atoms with Crippen molar-refractivity contribution in [2.75, 3.05) is 18.6 Å². The number of thiazole rings is 1. The zero-order valence-electron chi connectivity index (χ0n) is 10.7. The van der Waals surface area contributed by atoms with Crippen molar-refractivity contribution in [3.63, 3.8) is 0 Å². The summed E-state index contributed by atoms with van der Waals surface area (Å²) in [6.07, 6.45) is 5.04. The molecule has 4 heteroatoms. The van der Waals surface area contributed by atoms with Crippen LogP contribution in [0.25, 0.3) is 0 Å². The van der Waals surface area contributed by atoms with Gasteiger partial charge >= 0.3 is 0 Å². The Morgan fingerprint density at radius 2 is 2.47 bits per heavy atom. The minimum absolute atomic E-state index is 0.523. The second kappa shape index (κ2) is 6.76. The summed E-state index contributed by atoms with van der Waals surface area (Å²) in [5.41, 5.74) is 1.26. The smallest absolute Gasteiger partial charge is 0.0931 e. The second-order valence-corrected chi connectivity index (χ2v) is 7.01. The highest BCUT2D eigenvalue weighted by atomic mass is 32.2. The summed E-state index contributed by atoms with van der Waals surface area (Å²) in [6.45, 7) is 2.21. The molecule has 17 heavy (non-hydrogen) atoms. The topological polar surface area (TPSA) is 24.9 Å². The molecule has 2 atom stereocenters. The predicted molar refractivity (Wildman–Crippen MR) is 78.1 cm³/mol. The molecule has 1 N–H and O–H groups in total. The molecule has 2 unspecified atom stereocenters. The fourth-order valence-electron chi connectivity index (χ4n) is 2.17. The first-order chi connectivity index (χ1) is 8.28. The summed E-state index contributed by atoms with van der Waals surface area (Å²) in [4.78, 5) is 4.76. The minimum atomic E-state index is 0.523. The number of hydrogen-bond acceptors (Lipinski definition) is 4. The summed E-state index contributed by atoms with van der Waals surface area (Å²) < 4.78 is 0. The van der Waals surface area contributed by atoms with E-state index in [1.807, 2.05) is 18.4 Å². The lowest BCUT2D eigenvalue weighted by Gasteiger charge is -2.19. The van der Waals surface area contributed by atoms with Gasteiger partial charge in [-0.3, -0.25) is 0 Å². The normalized spacial score (nSPS) is 22.6. The fourth-order valence-corrected chi connectivity index (χ4v) is 4.25. The number of thioether (sulfide) groups is 1. The molecular weight excluding hydrogens is 248 g/mol. The standard InChI is InChI=1S/C13H22N2S2/c1-10(14-2)6-12-9-17-13(15-12)7-11-4-3-5-16-8-11/h9-11,14H,3-8H2,1-2H3. The summed E-state index contributed by atoms with van der Waals surface area (Å²) in [5, 5.41) is 6.84. The molecule has 0 aromatic carbocycles. The van der Waals surface area contributed by atoms with Crippen LogP contribution in [0.15, 0.2) is 5.38 Å². The van der Waals surface area contributed by atoms with Crippen molar-refractivity contribution in [2.45, 2.75) is 38.6 Å². The minimum Gasteiger partial charge on any atom is -0.317 e. The molecule has 2 heterocycles. The van der Waals surface area contributed by atoms with Gasteiger partial charge in [-0.2, -0.15) is 11.8 Å². The van der Waals surface area contributed by atoms with Crippen molar-refractivity contribution in [1.82, 2.24) is 10.3 Å². The molecule has 0 saturated carbocycles. The Balaban J connectivity index is 1.84. The first kappa shape index (κ1) is 13.4. The number of hydrogen-bond donors (Lipinski definition) is 1. The summed E-state index contributed by atoms with van der Waals surface area (Å²) in [5.74, 6) is 3.57. The molecule has 1 saturated heterocycles. The lowest BCUT2D eigenvalue weighted by Crippen LogP contribution is -2.23. The SMILES string of the molecule is CNC(C)Cc1csc(CC2CCCSC2)n1. The van der Waals surface area contributed by atoms with Gasteiger partial charge in [-0.1, -0.05) is 0 Å². The Bertz CT molecular complexity index is 332. The van der Waals surface area contributed by atoms with Crippen LogP contribution < -0.4 is 5.32 Å². The average Bonchev–Trinajstić information content (AvgIpc) is 2.77. The highest BCUT2D eigenvalue weighted by Gasteiger charge is 2.16. The predicted octanol–water partition coefficient (Wildman–Crippen LogP) is 2.98. The number of rotatable bonds is 5. The Labute approximate surface area is 113 Å². The van der Waals surface area contributed by atoms with Crippen molar-refractivity contribution < 1.29 is 0 Å². The Morgan fingerprint density at radius 1 is 1.59 bits per heavy atom. The van der Waals surface area contributed by atoms with Crippen molar-refractivity contribution in [3.05, 3.63) is 16.1 Å². The molecule has 1 aromatic rings. The van der Waals surface area contributed by atoms with Crippen LogP contribution in [0.3, 0.4) is 0 Å². The van der Waals surface area contributed by atoms with E-state index in [0.717, 1.165) is 12.3 Å². The van der Waals surface area contributed by atoms with Gasteiger partial charge in [0.15, 0.2) is 0 Å². The zero-order chi connectivity index (χ0) is 12.1. The molecule has 0 aliphatic carbocycles. The molecule has 0 radical (unpaired) electrons. The zero-order valence-corrected chi connectivity index (χ0v) is 12.4. The van der Waals surface area contributed by atoms with Crippen molar-refractivity contribution in [2.24, 2.45) is 5.92 Å². The highest BCUT2D eigenvalue weighted by Crippen LogP contribution is 2.26. The van der Waals surface area contributed by atoms with Gasteiger partial charge in [-0.25, -0.2) is 4.98 Å². The van der Waals surface area contributed by atoms with Crippen LogP contribution in [0.5, 0.6) is 0 Å². The van der Waals surface area contributed by atoms with Gasteiger partial charge in [-0.05, 0) is 44.2 Å². The Morgan fingerprint density at radius 3 is 3.18 bits per heavy atom. The van der Waals surface area contributed by atoms with Gasteiger partial charge in [0.05, 0.1) is 10.7 Å². The van der Waals surface area contributed by atoms with Crippen LogP contribution in [0.1, 0.15) is 30.5 Å². The summed E-state index contributed by atoms with van der Waals surface area (Å²) in [7, 11) is 2.01. The third-order valence-corrected chi connectivity index (χ3v) is 5.53. The van der Waals surface area contributed by atoms with Crippen LogP contribution in [0.2, 0.25) is 0 Å². The third kappa shape index (κ3) is 4.27. The lowest BCUT2D eigenvalue weighted by molar-refractivity contribution is 0.518. The van der Waals surface area contributed by atoms with Gasteiger partial charge in [0, 0.05) is 24.3 Å². The first-order valence-electron chi connectivity index (χ1n) is 6.46. The highest BCUT2D eigenvalue weighted by molar-refractivity contribution is 7.99. The lowest BCUT2D eigenvalue weighted by atomic mass is 10.0. The van der Waals surface area contributed by atoms with Gasteiger partial charge in [0.1, 0.15) is 0 Å². The van der Waals surface area contributed by atoms with Crippen LogP contribution >= 0.6 is 23.1 Å². The van der Waals surface area contributed by atoms with Gasteiger partial charge in [-0.15, -0.1) is 11.3 Å². The van der Waals surface area contributed by atoms with E-state index in [1.165, 1.54) is 41.5 Å². The third-order valence-electron chi connectivity index (χ3n) is 3.33. The van der Waals surface area contributed by atoms with E-state index in [9.17, 15) is 0 Å². The average molecular weight is 270 g/mol. The van der Waals surface area contributed by atoms with E-state index in [-0.39, 0.29) is 0 Å². The molecule has 96 valence electrons. The number of aromatic nitrogens is 1. The van der Waals surface area contributed by atoms with Gasteiger partial charge in [0.2, 0.25) is 0 Å². The molecule has 1 aliphatic heterocycles. The quantitative estimate of drug-likeness (QED) is 0.890. The molecule has 1 aliphatic rings. The van der Waals surface area contributed by atoms with Gasteiger partial charge < -0.3 is 5.32 Å². The molecule has 1 aromatic heterocycles. The van der Waals surface area contributed by atoms with E-state index in [2.05, 4.69) is 29.4 Å². The van der Waals surface area contributed by atoms with Crippen LogP contribution in [-0.2, 0) is 12.8 Å². The van der Waals surface area contributed by atoms with Crippen LogP contribution in [0, 0.1) is 5.92 Å². The number of likely N-dealkylation sites (N-methyl/N-ethyl adjacent to an activating group) is 1. The van der Waals surface area contributed by atoms with Crippen molar-refractivity contribution in [3.8, 4) is 0 Å². The second-order valence-electron chi connectivity index (χ2n) is 4.91. The maximum Gasteiger partial charge on any atom is 0.0931 e. The Kier molecular flexibility index (Phi) is 5.32. The molecule has 0 spiro atoms. The van der Waals surface area contributed by atoms with Crippen molar-refractivity contribution in [1.29, 1.82) is 0 Å². The van der Waals surface area contributed by atoms with Crippen LogP contribution in [-0.4, -0.2) is 29.6 Å². The summed E-state index contributed by atoms with van der Waals surface area (Å²) >= 11 is 3.96. The maximum absolute atomic E-state index is 4.76.